The summed E-state index contributed by atoms with van der Waals surface area (Å²) >= 11 is 0. The Balaban J connectivity index is 2.03. The summed E-state index contributed by atoms with van der Waals surface area (Å²) in [5.41, 5.74) is 2.29. The van der Waals surface area contributed by atoms with Crippen LogP contribution in [0.15, 0.2) is 36.5 Å². The van der Waals surface area contributed by atoms with Crippen LogP contribution in [0, 0.1) is 6.92 Å². The molecule has 2 rings (SSSR count). The van der Waals surface area contributed by atoms with Crippen LogP contribution in [0.25, 0.3) is 0 Å². The van der Waals surface area contributed by atoms with Crippen molar-refractivity contribution in [1.82, 2.24) is 4.57 Å². The van der Waals surface area contributed by atoms with Crippen LogP contribution in [0.3, 0.4) is 0 Å². The van der Waals surface area contributed by atoms with Crippen molar-refractivity contribution in [2.45, 2.75) is 26.9 Å². The maximum Gasteiger partial charge on any atom is 0.355 e. The lowest BCUT2D eigenvalue weighted by Crippen LogP contribution is -2.30. The van der Waals surface area contributed by atoms with E-state index in [0.717, 1.165) is 5.56 Å². The highest BCUT2D eigenvalue weighted by atomic mass is 16.5. The summed E-state index contributed by atoms with van der Waals surface area (Å²) in [6.07, 6.45) is 0.588. The van der Waals surface area contributed by atoms with E-state index in [1.54, 1.807) is 19.3 Å². The molecule has 0 aliphatic heterocycles. The fraction of sp³-hybridized carbons (Fsp3) is 0.278. The fourth-order valence-corrected chi connectivity index (χ4v) is 2.20. The number of hydrogen-bond donors (Lipinski definition) is 1. The van der Waals surface area contributed by atoms with E-state index in [1.807, 2.05) is 25.1 Å². The molecule has 1 aromatic carbocycles. The Kier molecular flexibility index (Phi) is 5.18. The first-order chi connectivity index (χ1) is 11.3. The van der Waals surface area contributed by atoms with Gasteiger partial charge in [0.15, 0.2) is 11.9 Å². The van der Waals surface area contributed by atoms with Crippen LogP contribution in [0.4, 0.5) is 5.69 Å². The number of rotatable bonds is 5. The number of carbonyl (C=O) groups excluding carboxylic acids is 3. The molecule has 1 heterocycles. The Hall–Kier alpha value is -2.89. The predicted octanol–water partition coefficient (Wildman–Crippen LogP) is 2.72. The van der Waals surface area contributed by atoms with E-state index < -0.39 is 18.0 Å². The number of anilines is 1. The second kappa shape index (κ2) is 7.12. The summed E-state index contributed by atoms with van der Waals surface area (Å²) in [7, 11) is 1.64. The van der Waals surface area contributed by atoms with Crippen LogP contribution < -0.4 is 5.32 Å². The molecule has 0 saturated heterocycles. The molecule has 0 aliphatic rings. The van der Waals surface area contributed by atoms with Crippen molar-refractivity contribution in [3.05, 3.63) is 53.3 Å². The first-order valence-corrected chi connectivity index (χ1v) is 7.53. The summed E-state index contributed by atoms with van der Waals surface area (Å²) in [6, 6.07) is 8.78. The van der Waals surface area contributed by atoms with Gasteiger partial charge in [0.2, 0.25) is 0 Å². The van der Waals surface area contributed by atoms with Gasteiger partial charge >= 0.3 is 5.97 Å². The van der Waals surface area contributed by atoms with E-state index in [9.17, 15) is 14.4 Å². The minimum absolute atomic E-state index is 0.144. The summed E-state index contributed by atoms with van der Waals surface area (Å²) in [5, 5.41) is 2.70. The molecule has 0 unspecified atom stereocenters. The molecule has 126 valence electrons. The number of ether oxygens (including phenoxy) is 1. The summed E-state index contributed by atoms with van der Waals surface area (Å²) in [5.74, 6) is -1.22. The van der Waals surface area contributed by atoms with E-state index in [4.69, 9.17) is 4.74 Å². The SMILES string of the molecule is CC(=O)c1cc(C(=O)O[C@H](C)C(=O)Nc2cccc(C)c2)n(C)c1. The van der Waals surface area contributed by atoms with Gasteiger partial charge in [-0.25, -0.2) is 4.79 Å². The number of esters is 1. The van der Waals surface area contributed by atoms with Crippen LogP contribution >= 0.6 is 0 Å². The third-order valence-electron chi connectivity index (χ3n) is 3.56. The third-order valence-corrected chi connectivity index (χ3v) is 3.56. The lowest BCUT2D eigenvalue weighted by Gasteiger charge is -2.14. The van der Waals surface area contributed by atoms with E-state index in [2.05, 4.69) is 5.32 Å². The molecule has 0 spiro atoms. The molecule has 1 atom stereocenters. The Bertz CT molecular complexity index is 792. The fourth-order valence-electron chi connectivity index (χ4n) is 2.20. The van der Waals surface area contributed by atoms with Crippen LogP contribution in [-0.2, 0) is 16.6 Å². The van der Waals surface area contributed by atoms with Crippen LogP contribution in [0.2, 0.25) is 0 Å². The maximum atomic E-state index is 12.2. The highest BCUT2D eigenvalue weighted by molar-refractivity contribution is 5.99. The van der Waals surface area contributed by atoms with Gasteiger partial charge in [-0.2, -0.15) is 0 Å². The average Bonchev–Trinajstić information content (AvgIpc) is 2.89. The number of benzene rings is 1. The molecule has 0 fully saturated rings. The number of aryl methyl sites for hydroxylation is 2. The summed E-state index contributed by atoms with van der Waals surface area (Å²) in [4.78, 5) is 35.7. The number of carbonyl (C=O) groups is 3. The van der Waals surface area contributed by atoms with Crippen molar-refractivity contribution in [2.24, 2.45) is 7.05 Å². The minimum Gasteiger partial charge on any atom is -0.448 e. The first kappa shape index (κ1) is 17.5. The maximum absolute atomic E-state index is 12.2. The largest absolute Gasteiger partial charge is 0.448 e. The highest BCUT2D eigenvalue weighted by Crippen LogP contribution is 2.13. The van der Waals surface area contributed by atoms with Crippen LogP contribution in [-0.4, -0.2) is 28.3 Å². The van der Waals surface area contributed by atoms with Crippen LogP contribution in [0.1, 0.15) is 40.3 Å². The standard InChI is InChI=1S/C18H20N2O4/c1-11-6-5-7-15(8-11)19-17(22)13(3)24-18(23)16-9-14(12(2)21)10-20(16)4/h5-10,13H,1-4H3,(H,19,22)/t13-/m1/s1. The van der Waals surface area contributed by atoms with Gasteiger partial charge in [0.1, 0.15) is 5.69 Å². The van der Waals surface area contributed by atoms with Crippen molar-refractivity contribution in [3.8, 4) is 0 Å². The molecular weight excluding hydrogens is 308 g/mol. The summed E-state index contributed by atoms with van der Waals surface area (Å²) < 4.78 is 6.70. The van der Waals surface area contributed by atoms with Gasteiger partial charge in [-0.05, 0) is 44.5 Å². The lowest BCUT2D eigenvalue weighted by atomic mass is 10.2. The van der Waals surface area contributed by atoms with E-state index >= 15 is 0 Å². The summed E-state index contributed by atoms with van der Waals surface area (Å²) in [6.45, 7) is 4.83. The van der Waals surface area contributed by atoms with Crippen molar-refractivity contribution in [3.63, 3.8) is 0 Å². The predicted molar refractivity (Wildman–Crippen MR) is 90.1 cm³/mol. The molecule has 0 saturated carbocycles. The topological polar surface area (TPSA) is 77.4 Å². The van der Waals surface area contributed by atoms with Gasteiger partial charge < -0.3 is 14.6 Å². The molecule has 24 heavy (non-hydrogen) atoms. The van der Waals surface area contributed by atoms with Gasteiger partial charge in [0, 0.05) is 24.5 Å². The number of hydrogen-bond acceptors (Lipinski definition) is 4. The Labute approximate surface area is 140 Å². The monoisotopic (exact) mass is 328 g/mol. The van der Waals surface area contributed by atoms with Crippen molar-refractivity contribution in [1.29, 1.82) is 0 Å². The Morgan fingerprint density at radius 1 is 1.21 bits per heavy atom. The zero-order chi connectivity index (χ0) is 17.9. The van der Waals surface area contributed by atoms with Gasteiger partial charge in [-0.3, -0.25) is 9.59 Å². The smallest absolute Gasteiger partial charge is 0.355 e. The van der Waals surface area contributed by atoms with Gasteiger partial charge in [-0.1, -0.05) is 12.1 Å². The third kappa shape index (κ3) is 4.10. The number of aromatic nitrogens is 1. The quantitative estimate of drug-likeness (QED) is 0.676. The Morgan fingerprint density at radius 2 is 1.92 bits per heavy atom. The van der Waals surface area contributed by atoms with Gasteiger partial charge in [0.25, 0.3) is 5.91 Å². The molecule has 2 aromatic rings. The second-order valence-electron chi connectivity index (χ2n) is 5.69. The van der Waals surface area contributed by atoms with Gasteiger partial charge in [-0.15, -0.1) is 0 Å². The molecular formula is C18H20N2O4. The highest BCUT2D eigenvalue weighted by Gasteiger charge is 2.22. The lowest BCUT2D eigenvalue weighted by molar-refractivity contribution is -0.123. The van der Waals surface area contributed by atoms with E-state index in [1.165, 1.54) is 24.5 Å². The first-order valence-electron chi connectivity index (χ1n) is 7.53. The molecule has 0 radical (unpaired) electrons. The number of nitrogens with one attached hydrogen (secondary N) is 1. The van der Waals surface area contributed by atoms with Gasteiger partial charge in [0.05, 0.1) is 0 Å². The molecule has 1 aromatic heterocycles. The Morgan fingerprint density at radius 3 is 2.50 bits per heavy atom. The number of amides is 1. The number of nitrogens with zero attached hydrogens (tertiary/aromatic N) is 1. The van der Waals surface area contributed by atoms with Crippen molar-refractivity contribution in [2.75, 3.05) is 5.32 Å². The number of ketones is 1. The zero-order valence-corrected chi connectivity index (χ0v) is 14.1. The molecule has 6 heteroatoms. The molecule has 0 bridgehead atoms. The average molecular weight is 328 g/mol. The molecule has 1 N–H and O–H groups in total. The zero-order valence-electron chi connectivity index (χ0n) is 14.1. The van der Waals surface area contributed by atoms with E-state index in [0.29, 0.717) is 11.3 Å². The van der Waals surface area contributed by atoms with Crippen LogP contribution in [0.5, 0.6) is 0 Å². The molecule has 0 aliphatic carbocycles. The normalized spacial score (nSPS) is 11.7. The van der Waals surface area contributed by atoms with Crippen molar-refractivity contribution < 1.29 is 19.1 Å². The number of Topliss-reactive ketones (excluding diaryl/α,β-unsaturated/α-hetero) is 1. The minimum atomic E-state index is -0.964. The molecule has 6 nitrogen and oxygen atoms in total. The second-order valence-corrected chi connectivity index (χ2v) is 5.69. The van der Waals surface area contributed by atoms with E-state index in [-0.39, 0.29) is 11.5 Å². The van der Waals surface area contributed by atoms with Crippen molar-refractivity contribution >= 4 is 23.3 Å². The molecule has 1 amide bonds.